The summed E-state index contributed by atoms with van der Waals surface area (Å²) in [6.07, 6.45) is 11.4. The van der Waals surface area contributed by atoms with Gasteiger partial charge in [-0.2, -0.15) is 0 Å². The van der Waals surface area contributed by atoms with E-state index < -0.39 is 0 Å². The highest BCUT2D eigenvalue weighted by Gasteiger charge is 2.40. The third-order valence-electron chi connectivity index (χ3n) is 4.26. The maximum absolute atomic E-state index is 4.95. The van der Waals surface area contributed by atoms with Gasteiger partial charge in [-0.25, -0.2) is 0 Å². The van der Waals surface area contributed by atoms with E-state index in [1.807, 2.05) is 0 Å². The minimum Gasteiger partial charge on any atom is -0.290 e. The largest absolute Gasteiger partial charge is 0.290 e. The van der Waals surface area contributed by atoms with Gasteiger partial charge >= 0.3 is 0 Å². The summed E-state index contributed by atoms with van der Waals surface area (Å²) >= 11 is 0. The Hall–Kier alpha value is -0.330. The van der Waals surface area contributed by atoms with Gasteiger partial charge in [0.15, 0.2) is 0 Å². The van der Waals surface area contributed by atoms with E-state index in [2.05, 4.69) is 0 Å². The monoisotopic (exact) mass is 177 g/mol. The fourth-order valence-electron chi connectivity index (χ4n) is 3.63. The first kappa shape index (κ1) is 8.02. The van der Waals surface area contributed by atoms with Gasteiger partial charge in [-0.3, -0.25) is 4.99 Å². The van der Waals surface area contributed by atoms with Crippen molar-refractivity contribution < 1.29 is 0 Å². The van der Waals surface area contributed by atoms with Crippen molar-refractivity contribution >= 4 is 5.71 Å². The zero-order chi connectivity index (χ0) is 8.67. The van der Waals surface area contributed by atoms with E-state index >= 15 is 0 Å². The number of hydrogen-bond donors (Lipinski definition) is 0. The molecule has 0 amide bonds. The lowest BCUT2D eigenvalue weighted by Crippen LogP contribution is -2.28. The average Bonchev–Trinajstić information content (AvgIpc) is 2.56. The SMILES string of the molecule is C1CCC2C(=NC3CCCCC32)C1. The second kappa shape index (κ2) is 3.11. The molecule has 3 unspecified atom stereocenters. The molecule has 0 spiro atoms. The molecule has 2 aliphatic carbocycles. The highest BCUT2D eigenvalue weighted by molar-refractivity contribution is 5.89. The fourth-order valence-corrected chi connectivity index (χ4v) is 3.63. The van der Waals surface area contributed by atoms with Gasteiger partial charge in [0.05, 0.1) is 6.04 Å². The summed E-state index contributed by atoms with van der Waals surface area (Å²) in [7, 11) is 0. The topological polar surface area (TPSA) is 12.4 Å². The van der Waals surface area contributed by atoms with Crippen LogP contribution in [-0.2, 0) is 0 Å². The number of rotatable bonds is 0. The molecule has 0 bridgehead atoms. The van der Waals surface area contributed by atoms with Crippen molar-refractivity contribution in [3.05, 3.63) is 0 Å². The molecule has 1 heterocycles. The Bertz CT molecular complexity index is 231. The molecule has 0 saturated heterocycles. The Balaban J connectivity index is 1.83. The van der Waals surface area contributed by atoms with Gasteiger partial charge in [0, 0.05) is 11.6 Å². The lowest BCUT2D eigenvalue weighted by atomic mass is 9.73. The van der Waals surface area contributed by atoms with Gasteiger partial charge in [0.1, 0.15) is 0 Å². The Kier molecular flexibility index (Phi) is 1.92. The van der Waals surface area contributed by atoms with Crippen LogP contribution < -0.4 is 0 Å². The highest BCUT2D eigenvalue weighted by Crippen LogP contribution is 2.43. The van der Waals surface area contributed by atoms with Crippen molar-refractivity contribution in [2.75, 3.05) is 0 Å². The van der Waals surface area contributed by atoms with Crippen molar-refractivity contribution in [3.63, 3.8) is 0 Å². The number of aliphatic imine (C=N–C) groups is 1. The quantitative estimate of drug-likeness (QED) is 0.539. The fraction of sp³-hybridized carbons (Fsp3) is 0.917. The third kappa shape index (κ3) is 1.24. The first-order chi connectivity index (χ1) is 6.45. The maximum atomic E-state index is 4.95. The lowest BCUT2D eigenvalue weighted by Gasteiger charge is -2.30. The Labute approximate surface area is 80.6 Å². The van der Waals surface area contributed by atoms with E-state index in [-0.39, 0.29) is 0 Å². The third-order valence-corrected chi connectivity index (χ3v) is 4.26. The van der Waals surface area contributed by atoms with Crippen LogP contribution in [0.4, 0.5) is 0 Å². The Morgan fingerprint density at radius 2 is 1.77 bits per heavy atom. The normalized spacial score (nSPS) is 43.7. The minimum atomic E-state index is 0.756. The molecule has 72 valence electrons. The molecule has 0 aromatic carbocycles. The highest BCUT2D eigenvalue weighted by atomic mass is 14.9. The zero-order valence-corrected chi connectivity index (χ0v) is 8.34. The first-order valence-corrected chi connectivity index (χ1v) is 6.02. The molecule has 1 aliphatic heterocycles. The molecule has 0 aromatic rings. The zero-order valence-electron chi connectivity index (χ0n) is 8.34. The van der Waals surface area contributed by atoms with Crippen molar-refractivity contribution in [2.45, 2.75) is 57.4 Å². The van der Waals surface area contributed by atoms with Crippen LogP contribution in [-0.4, -0.2) is 11.8 Å². The van der Waals surface area contributed by atoms with E-state index in [9.17, 15) is 0 Å². The van der Waals surface area contributed by atoms with Crippen LogP contribution >= 0.6 is 0 Å². The molecular weight excluding hydrogens is 158 g/mol. The van der Waals surface area contributed by atoms with Crippen molar-refractivity contribution in [1.82, 2.24) is 0 Å². The summed E-state index contributed by atoms with van der Waals surface area (Å²) in [6, 6.07) is 0.756. The van der Waals surface area contributed by atoms with Crippen LogP contribution in [0.3, 0.4) is 0 Å². The van der Waals surface area contributed by atoms with Crippen LogP contribution in [0.25, 0.3) is 0 Å². The number of hydrogen-bond acceptors (Lipinski definition) is 1. The van der Waals surface area contributed by atoms with Gasteiger partial charge in [-0.05, 0) is 38.0 Å². The molecule has 1 heteroatoms. The first-order valence-electron chi connectivity index (χ1n) is 6.02. The molecule has 0 aromatic heterocycles. The molecule has 0 N–H and O–H groups in total. The Morgan fingerprint density at radius 3 is 2.77 bits per heavy atom. The molecule has 3 rings (SSSR count). The van der Waals surface area contributed by atoms with Crippen LogP contribution in [0.15, 0.2) is 4.99 Å². The predicted octanol–water partition coefficient (Wildman–Crippen LogP) is 3.19. The molecule has 3 aliphatic rings. The van der Waals surface area contributed by atoms with Crippen molar-refractivity contribution in [3.8, 4) is 0 Å². The Morgan fingerprint density at radius 1 is 0.923 bits per heavy atom. The van der Waals surface area contributed by atoms with E-state index in [1.165, 1.54) is 51.4 Å². The minimum absolute atomic E-state index is 0.756. The van der Waals surface area contributed by atoms with Crippen LogP contribution in [0, 0.1) is 11.8 Å². The molecule has 1 nitrogen and oxygen atoms in total. The number of nitrogens with zero attached hydrogens (tertiary/aromatic N) is 1. The number of fused-ring (bicyclic) bond motifs is 3. The predicted molar refractivity (Wildman–Crippen MR) is 55.1 cm³/mol. The van der Waals surface area contributed by atoms with Gasteiger partial charge in [0.25, 0.3) is 0 Å². The second-order valence-corrected chi connectivity index (χ2v) is 4.99. The molecule has 2 fully saturated rings. The maximum Gasteiger partial charge on any atom is 0.0533 e. The smallest absolute Gasteiger partial charge is 0.0533 e. The summed E-state index contributed by atoms with van der Waals surface area (Å²) in [6.45, 7) is 0. The second-order valence-electron chi connectivity index (χ2n) is 4.99. The van der Waals surface area contributed by atoms with E-state index in [0.717, 1.165) is 17.9 Å². The van der Waals surface area contributed by atoms with E-state index in [1.54, 1.807) is 5.71 Å². The van der Waals surface area contributed by atoms with Crippen LogP contribution in [0.1, 0.15) is 51.4 Å². The molecule has 2 saturated carbocycles. The summed E-state index contributed by atoms with van der Waals surface area (Å²) in [5, 5.41) is 0. The average molecular weight is 177 g/mol. The van der Waals surface area contributed by atoms with Gasteiger partial charge in [-0.1, -0.05) is 19.3 Å². The van der Waals surface area contributed by atoms with Crippen molar-refractivity contribution in [2.24, 2.45) is 16.8 Å². The molecule has 3 atom stereocenters. The summed E-state index contributed by atoms with van der Waals surface area (Å²) in [4.78, 5) is 4.95. The molecular formula is C12H19N. The standard InChI is InChI=1S/C12H19N/c1-3-7-11-9(5-1)10-6-2-4-8-12(10)13-11/h9-11H,1-8H2. The van der Waals surface area contributed by atoms with E-state index in [4.69, 9.17) is 4.99 Å². The summed E-state index contributed by atoms with van der Waals surface area (Å²) in [5.74, 6) is 1.91. The summed E-state index contributed by atoms with van der Waals surface area (Å²) in [5.41, 5.74) is 1.61. The van der Waals surface area contributed by atoms with Crippen LogP contribution in [0.5, 0.6) is 0 Å². The van der Waals surface area contributed by atoms with Gasteiger partial charge in [-0.15, -0.1) is 0 Å². The van der Waals surface area contributed by atoms with Crippen LogP contribution in [0.2, 0.25) is 0 Å². The molecule has 0 radical (unpaired) electrons. The summed E-state index contributed by atoms with van der Waals surface area (Å²) < 4.78 is 0. The van der Waals surface area contributed by atoms with Gasteiger partial charge in [0.2, 0.25) is 0 Å². The van der Waals surface area contributed by atoms with Gasteiger partial charge < -0.3 is 0 Å². The molecule has 13 heavy (non-hydrogen) atoms. The van der Waals surface area contributed by atoms with Crippen molar-refractivity contribution in [1.29, 1.82) is 0 Å². The lowest BCUT2D eigenvalue weighted by molar-refractivity contribution is 0.267. The van der Waals surface area contributed by atoms with E-state index in [0.29, 0.717) is 0 Å².